The van der Waals surface area contributed by atoms with Gasteiger partial charge in [0.15, 0.2) is 0 Å². The van der Waals surface area contributed by atoms with E-state index >= 15 is 0 Å². The molecule has 0 spiro atoms. The number of hydrogen-bond donors (Lipinski definition) is 1. The number of aliphatic hydroxyl groups is 1. The van der Waals surface area contributed by atoms with E-state index in [-0.39, 0.29) is 6.10 Å². The second-order valence-corrected chi connectivity index (χ2v) is 4.15. The Hall–Kier alpha value is -0.120. The first-order valence-electron chi connectivity index (χ1n) is 5.72. The predicted molar refractivity (Wildman–Crippen MR) is 57.3 cm³/mol. The van der Waals surface area contributed by atoms with Crippen molar-refractivity contribution < 1.29 is 9.84 Å². The fourth-order valence-corrected chi connectivity index (χ4v) is 1.96. The van der Waals surface area contributed by atoms with Crippen molar-refractivity contribution >= 4 is 0 Å². The molecule has 3 heteroatoms. The fraction of sp³-hybridized carbons (Fsp3) is 1.00. The summed E-state index contributed by atoms with van der Waals surface area (Å²) >= 11 is 0. The molecule has 1 aliphatic rings. The average Bonchev–Trinajstić information content (AvgIpc) is 2.20. The molecule has 0 aromatic rings. The molecule has 1 aliphatic heterocycles. The van der Waals surface area contributed by atoms with Crippen LogP contribution in [0, 0.1) is 5.92 Å². The van der Waals surface area contributed by atoms with Gasteiger partial charge in [-0.3, -0.25) is 4.90 Å². The van der Waals surface area contributed by atoms with Crippen LogP contribution in [0.1, 0.15) is 26.7 Å². The van der Waals surface area contributed by atoms with Crippen molar-refractivity contribution in [2.24, 2.45) is 5.92 Å². The van der Waals surface area contributed by atoms with E-state index in [1.807, 2.05) is 6.92 Å². The van der Waals surface area contributed by atoms with Gasteiger partial charge in [0.1, 0.15) is 0 Å². The van der Waals surface area contributed by atoms with Crippen LogP contribution in [0.5, 0.6) is 0 Å². The summed E-state index contributed by atoms with van der Waals surface area (Å²) in [6.45, 7) is 8.99. The van der Waals surface area contributed by atoms with E-state index in [1.165, 1.54) is 0 Å². The molecule has 84 valence electrons. The molecule has 0 aliphatic carbocycles. The summed E-state index contributed by atoms with van der Waals surface area (Å²) in [6.07, 6.45) is 2.01. The van der Waals surface area contributed by atoms with Gasteiger partial charge in [0.25, 0.3) is 0 Å². The minimum atomic E-state index is -0.166. The Morgan fingerprint density at radius 3 is 2.50 bits per heavy atom. The first-order chi connectivity index (χ1) is 6.74. The number of hydrogen-bond acceptors (Lipinski definition) is 3. The molecule has 1 heterocycles. The zero-order valence-corrected chi connectivity index (χ0v) is 9.41. The van der Waals surface area contributed by atoms with Crippen LogP contribution in [-0.2, 0) is 4.74 Å². The van der Waals surface area contributed by atoms with Crippen LogP contribution in [0.15, 0.2) is 0 Å². The maximum atomic E-state index is 9.50. The van der Waals surface area contributed by atoms with Crippen LogP contribution in [0.2, 0.25) is 0 Å². The molecule has 0 radical (unpaired) electrons. The summed E-state index contributed by atoms with van der Waals surface area (Å²) < 4.78 is 5.29. The summed E-state index contributed by atoms with van der Waals surface area (Å²) in [5, 5.41) is 9.50. The van der Waals surface area contributed by atoms with Gasteiger partial charge in [-0.25, -0.2) is 0 Å². The molecule has 0 bridgehead atoms. The Labute approximate surface area is 87.1 Å². The highest BCUT2D eigenvalue weighted by Gasteiger charge is 2.15. The second kappa shape index (κ2) is 6.38. The van der Waals surface area contributed by atoms with E-state index < -0.39 is 0 Å². The van der Waals surface area contributed by atoms with Crippen LogP contribution < -0.4 is 0 Å². The summed E-state index contributed by atoms with van der Waals surface area (Å²) in [6, 6.07) is 0. The van der Waals surface area contributed by atoms with Crippen molar-refractivity contribution in [1.29, 1.82) is 0 Å². The lowest BCUT2D eigenvalue weighted by Crippen LogP contribution is -2.38. The average molecular weight is 201 g/mol. The lowest BCUT2D eigenvalue weighted by Gasteiger charge is -2.28. The molecule has 0 amide bonds. The normalized spacial score (nSPS) is 23.4. The van der Waals surface area contributed by atoms with Crippen molar-refractivity contribution in [3.8, 4) is 0 Å². The molecule has 0 aromatic carbocycles. The van der Waals surface area contributed by atoms with Crippen molar-refractivity contribution in [2.75, 3.05) is 32.8 Å². The van der Waals surface area contributed by atoms with E-state index in [2.05, 4.69) is 11.8 Å². The zero-order chi connectivity index (χ0) is 10.4. The standard InChI is InChI=1S/C11H23NO2/c1-3-11(10(2)13)4-5-12-6-8-14-9-7-12/h10-11,13H,3-9H2,1-2H3. The summed E-state index contributed by atoms with van der Waals surface area (Å²) in [7, 11) is 0. The molecule has 3 nitrogen and oxygen atoms in total. The molecular weight excluding hydrogens is 178 g/mol. The third-order valence-electron chi connectivity index (χ3n) is 3.13. The SMILES string of the molecule is CCC(CCN1CCOCC1)C(C)O. The molecule has 1 N–H and O–H groups in total. The van der Waals surface area contributed by atoms with Gasteiger partial charge in [-0.05, 0) is 25.8 Å². The van der Waals surface area contributed by atoms with E-state index in [4.69, 9.17) is 4.74 Å². The second-order valence-electron chi connectivity index (χ2n) is 4.15. The Morgan fingerprint density at radius 2 is 2.00 bits per heavy atom. The summed E-state index contributed by atoms with van der Waals surface area (Å²) in [5.74, 6) is 0.456. The largest absolute Gasteiger partial charge is 0.393 e. The van der Waals surface area contributed by atoms with Crippen molar-refractivity contribution in [3.63, 3.8) is 0 Å². The van der Waals surface area contributed by atoms with Crippen LogP contribution in [0.25, 0.3) is 0 Å². The number of morpholine rings is 1. The molecule has 14 heavy (non-hydrogen) atoms. The number of rotatable bonds is 5. The van der Waals surface area contributed by atoms with Gasteiger partial charge in [0, 0.05) is 13.1 Å². The van der Waals surface area contributed by atoms with Gasteiger partial charge >= 0.3 is 0 Å². The van der Waals surface area contributed by atoms with E-state index in [0.717, 1.165) is 45.7 Å². The Morgan fingerprint density at radius 1 is 1.36 bits per heavy atom. The predicted octanol–water partition coefficient (Wildman–Crippen LogP) is 1.12. The van der Waals surface area contributed by atoms with Gasteiger partial charge in [-0.15, -0.1) is 0 Å². The molecule has 0 aromatic heterocycles. The van der Waals surface area contributed by atoms with Crippen LogP contribution >= 0.6 is 0 Å². The Kier molecular flexibility index (Phi) is 5.45. The molecule has 2 unspecified atom stereocenters. The molecule has 1 fully saturated rings. The Bertz CT molecular complexity index is 144. The van der Waals surface area contributed by atoms with Crippen molar-refractivity contribution in [1.82, 2.24) is 4.90 Å². The van der Waals surface area contributed by atoms with Crippen LogP contribution in [0.3, 0.4) is 0 Å². The number of nitrogens with zero attached hydrogens (tertiary/aromatic N) is 1. The number of ether oxygens (including phenoxy) is 1. The molecule has 2 atom stereocenters. The highest BCUT2D eigenvalue weighted by atomic mass is 16.5. The van der Waals surface area contributed by atoms with Crippen LogP contribution in [0.4, 0.5) is 0 Å². The Balaban J connectivity index is 2.16. The first-order valence-corrected chi connectivity index (χ1v) is 5.72. The van der Waals surface area contributed by atoms with Crippen molar-refractivity contribution in [3.05, 3.63) is 0 Å². The monoisotopic (exact) mass is 201 g/mol. The van der Waals surface area contributed by atoms with Gasteiger partial charge in [0.2, 0.25) is 0 Å². The third-order valence-corrected chi connectivity index (χ3v) is 3.13. The zero-order valence-electron chi connectivity index (χ0n) is 9.41. The highest BCUT2D eigenvalue weighted by molar-refractivity contribution is 4.68. The summed E-state index contributed by atoms with van der Waals surface area (Å²) in [4.78, 5) is 2.43. The lowest BCUT2D eigenvalue weighted by atomic mass is 9.96. The summed E-state index contributed by atoms with van der Waals surface area (Å²) in [5.41, 5.74) is 0. The quantitative estimate of drug-likeness (QED) is 0.723. The maximum Gasteiger partial charge on any atom is 0.0594 e. The van der Waals surface area contributed by atoms with E-state index in [1.54, 1.807) is 0 Å². The minimum Gasteiger partial charge on any atom is -0.393 e. The number of aliphatic hydroxyl groups excluding tert-OH is 1. The van der Waals surface area contributed by atoms with Gasteiger partial charge in [-0.1, -0.05) is 13.3 Å². The fourth-order valence-electron chi connectivity index (χ4n) is 1.96. The van der Waals surface area contributed by atoms with Gasteiger partial charge in [0.05, 0.1) is 19.3 Å². The maximum absolute atomic E-state index is 9.50. The molecular formula is C11H23NO2. The van der Waals surface area contributed by atoms with Crippen LogP contribution in [-0.4, -0.2) is 49.0 Å². The molecule has 1 saturated heterocycles. The lowest BCUT2D eigenvalue weighted by molar-refractivity contribution is 0.0300. The van der Waals surface area contributed by atoms with E-state index in [9.17, 15) is 5.11 Å². The van der Waals surface area contributed by atoms with E-state index in [0.29, 0.717) is 5.92 Å². The topological polar surface area (TPSA) is 32.7 Å². The minimum absolute atomic E-state index is 0.166. The smallest absolute Gasteiger partial charge is 0.0594 e. The van der Waals surface area contributed by atoms with Gasteiger partial charge < -0.3 is 9.84 Å². The van der Waals surface area contributed by atoms with Crippen molar-refractivity contribution in [2.45, 2.75) is 32.8 Å². The van der Waals surface area contributed by atoms with Gasteiger partial charge in [-0.2, -0.15) is 0 Å². The molecule has 0 saturated carbocycles. The highest BCUT2D eigenvalue weighted by Crippen LogP contribution is 2.14. The first kappa shape index (κ1) is 12.0. The molecule has 1 rings (SSSR count). The third kappa shape index (κ3) is 3.95.